The zero-order chi connectivity index (χ0) is 10.4. The molecule has 2 N–H and O–H groups in total. The number of carbonyl (C=O) groups excluding carboxylic acids is 3. The molecule has 0 spiro atoms. The van der Waals surface area contributed by atoms with Crippen LogP contribution in [0.15, 0.2) is 0 Å². The van der Waals surface area contributed by atoms with Crippen molar-refractivity contribution in [1.29, 1.82) is 0 Å². The van der Waals surface area contributed by atoms with Crippen LogP contribution < -0.4 is 15.9 Å². The van der Waals surface area contributed by atoms with E-state index in [2.05, 4.69) is 0 Å². The predicted octanol–water partition coefficient (Wildman–Crippen LogP) is -4.73. The van der Waals surface area contributed by atoms with Gasteiger partial charge in [-0.15, -0.1) is 0 Å². The summed E-state index contributed by atoms with van der Waals surface area (Å²) in [5.41, 5.74) is 4.74. The Morgan fingerprint density at radius 3 is 1.62 bits per heavy atom. The van der Waals surface area contributed by atoms with Crippen molar-refractivity contribution in [3.63, 3.8) is 0 Å². The van der Waals surface area contributed by atoms with Crippen LogP contribution in [0.5, 0.6) is 0 Å². The van der Waals surface area contributed by atoms with Crippen molar-refractivity contribution in [2.24, 2.45) is 5.73 Å². The molecular weight excluding hydrogens is 180 g/mol. The normalized spacial score (nSPS) is 9.92. The summed E-state index contributed by atoms with van der Waals surface area (Å²) in [4.78, 5) is 31.2. The fraction of sp³-hybridized carbons (Fsp3) is 0.500. The van der Waals surface area contributed by atoms with E-state index in [1.807, 2.05) is 0 Å². The number of amides is 1. The third-order valence-corrected chi connectivity index (χ3v) is 1.08. The highest BCUT2D eigenvalue weighted by Crippen LogP contribution is 1.84. The van der Waals surface area contributed by atoms with Crippen LogP contribution in [0.1, 0.15) is 0 Å². The average molecular weight is 188 g/mol. The van der Waals surface area contributed by atoms with Crippen molar-refractivity contribution >= 4 is 17.8 Å². The van der Waals surface area contributed by atoms with Crippen LogP contribution in [0.2, 0.25) is 0 Å². The molecule has 0 aromatic rings. The van der Waals surface area contributed by atoms with Gasteiger partial charge in [-0.05, 0) is 0 Å². The van der Waals surface area contributed by atoms with Crippen molar-refractivity contribution in [2.75, 3.05) is 19.6 Å². The Morgan fingerprint density at radius 2 is 1.38 bits per heavy atom. The molecule has 7 nitrogen and oxygen atoms in total. The first kappa shape index (κ1) is 11.4. The van der Waals surface area contributed by atoms with Gasteiger partial charge in [-0.1, -0.05) is 0 Å². The van der Waals surface area contributed by atoms with E-state index < -0.39 is 37.5 Å². The molecule has 0 aromatic carbocycles. The van der Waals surface area contributed by atoms with Gasteiger partial charge in [-0.2, -0.15) is 0 Å². The molecule has 7 heteroatoms. The molecule has 0 heterocycles. The van der Waals surface area contributed by atoms with Gasteiger partial charge in [0, 0.05) is 13.1 Å². The highest BCUT2D eigenvalue weighted by Gasteiger charge is 2.08. The van der Waals surface area contributed by atoms with E-state index in [1.54, 1.807) is 0 Å². The zero-order valence-electron chi connectivity index (χ0n) is 6.69. The summed E-state index contributed by atoms with van der Waals surface area (Å²) in [6.07, 6.45) is 0. The van der Waals surface area contributed by atoms with E-state index in [0.29, 0.717) is 0 Å². The summed E-state index contributed by atoms with van der Waals surface area (Å²) < 4.78 is 0. The fourth-order valence-electron chi connectivity index (χ4n) is 0.753. The van der Waals surface area contributed by atoms with Crippen molar-refractivity contribution in [2.45, 2.75) is 0 Å². The second-order valence-electron chi connectivity index (χ2n) is 2.36. The molecule has 0 radical (unpaired) electrons. The lowest BCUT2D eigenvalue weighted by Gasteiger charge is -2.21. The molecule has 13 heavy (non-hydrogen) atoms. The number of rotatable bonds is 6. The highest BCUT2D eigenvalue weighted by atomic mass is 16.4. The lowest BCUT2D eigenvalue weighted by atomic mass is 10.4. The topological polar surface area (TPSA) is 127 Å². The second-order valence-corrected chi connectivity index (χ2v) is 2.36. The number of nitrogens with two attached hydrogens (primary N) is 1. The molecule has 1 amide bonds. The summed E-state index contributed by atoms with van der Waals surface area (Å²) in [6.45, 7) is -1.80. The number of primary amides is 1. The van der Waals surface area contributed by atoms with Gasteiger partial charge < -0.3 is 25.5 Å². The second kappa shape index (κ2) is 5.09. The van der Waals surface area contributed by atoms with E-state index in [4.69, 9.17) is 5.73 Å². The Labute approximate surface area is 73.7 Å². The smallest absolute Gasteiger partial charge is 0.231 e. The largest absolute Gasteiger partial charge is 0.549 e. The quantitative estimate of drug-likeness (QED) is 0.446. The first-order valence-corrected chi connectivity index (χ1v) is 3.32. The molecule has 0 atom stereocenters. The van der Waals surface area contributed by atoms with E-state index >= 15 is 0 Å². The van der Waals surface area contributed by atoms with Gasteiger partial charge in [0.1, 0.15) is 0 Å². The van der Waals surface area contributed by atoms with Gasteiger partial charge in [-0.25, -0.2) is 0 Å². The molecule has 0 aliphatic rings. The van der Waals surface area contributed by atoms with Crippen molar-refractivity contribution < 1.29 is 24.6 Å². The fourth-order valence-corrected chi connectivity index (χ4v) is 0.753. The lowest BCUT2D eigenvalue weighted by Crippen LogP contribution is -2.47. The van der Waals surface area contributed by atoms with E-state index in [0.717, 1.165) is 4.90 Å². The van der Waals surface area contributed by atoms with Crippen LogP contribution in [0, 0.1) is 0 Å². The van der Waals surface area contributed by atoms with Gasteiger partial charge in [0.25, 0.3) is 0 Å². The molecule has 0 aliphatic carbocycles. The molecule has 0 fully saturated rings. The number of carbonyl (C=O) groups is 3. The molecular formula is C6H8N2O5-2. The minimum absolute atomic E-state index is 0.456. The Morgan fingerprint density at radius 1 is 1.00 bits per heavy atom. The van der Waals surface area contributed by atoms with Crippen LogP contribution in [0.4, 0.5) is 0 Å². The maximum atomic E-state index is 10.3. The number of hydrogen-bond donors (Lipinski definition) is 1. The standard InChI is InChI=1S/C6H10N2O5/c7-4(9)1-8(2-5(10)11)3-6(12)13/h1-3H2,(H2,7,9)(H,10,11)(H,12,13)/p-2. The van der Waals surface area contributed by atoms with Gasteiger partial charge in [0.2, 0.25) is 5.91 Å². The first-order chi connectivity index (χ1) is 5.91. The molecule has 0 saturated carbocycles. The third-order valence-electron chi connectivity index (χ3n) is 1.08. The summed E-state index contributed by atoms with van der Waals surface area (Å²) in [6, 6.07) is 0. The summed E-state index contributed by atoms with van der Waals surface area (Å²) in [5, 5.41) is 20.1. The van der Waals surface area contributed by atoms with Gasteiger partial charge in [0.15, 0.2) is 0 Å². The summed E-state index contributed by atoms with van der Waals surface area (Å²) in [5.74, 6) is -3.78. The summed E-state index contributed by atoms with van der Waals surface area (Å²) in [7, 11) is 0. The van der Waals surface area contributed by atoms with Gasteiger partial charge in [0.05, 0.1) is 18.5 Å². The maximum Gasteiger partial charge on any atom is 0.231 e. The van der Waals surface area contributed by atoms with Crippen LogP contribution in [0.25, 0.3) is 0 Å². The van der Waals surface area contributed by atoms with Crippen molar-refractivity contribution in [3.8, 4) is 0 Å². The van der Waals surface area contributed by atoms with Crippen LogP contribution in [-0.2, 0) is 14.4 Å². The lowest BCUT2D eigenvalue weighted by molar-refractivity contribution is -0.310. The monoisotopic (exact) mass is 188 g/mol. The van der Waals surface area contributed by atoms with E-state index in [9.17, 15) is 24.6 Å². The van der Waals surface area contributed by atoms with E-state index in [-0.39, 0.29) is 0 Å². The Hall–Kier alpha value is -1.63. The first-order valence-electron chi connectivity index (χ1n) is 3.32. The Bertz CT molecular complexity index is 189. The van der Waals surface area contributed by atoms with Crippen LogP contribution >= 0.6 is 0 Å². The average Bonchev–Trinajstić information content (AvgIpc) is 1.80. The third kappa shape index (κ3) is 6.76. The highest BCUT2D eigenvalue weighted by molar-refractivity contribution is 5.78. The van der Waals surface area contributed by atoms with Crippen LogP contribution in [0.3, 0.4) is 0 Å². The zero-order valence-corrected chi connectivity index (χ0v) is 6.69. The predicted molar refractivity (Wildman–Crippen MR) is 35.6 cm³/mol. The van der Waals surface area contributed by atoms with E-state index in [1.165, 1.54) is 0 Å². The number of aliphatic carboxylic acids is 2. The Kier molecular flexibility index (Phi) is 4.45. The SMILES string of the molecule is NC(=O)CN(CC(=O)[O-])CC(=O)[O-]. The Balaban J connectivity index is 4.10. The van der Waals surface area contributed by atoms with Gasteiger partial charge >= 0.3 is 0 Å². The minimum Gasteiger partial charge on any atom is -0.549 e. The molecule has 0 aliphatic heterocycles. The maximum absolute atomic E-state index is 10.3. The number of hydrogen-bond acceptors (Lipinski definition) is 6. The molecule has 0 rings (SSSR count). The molecule has 0 unspecified atom stereocenters. The molecule has 0 aromatic heterocycles. The van der Waals surface area contributed by atoms with Crippen molar-refractivity contribution in [1.82, 2.24) is 4.90 Å². The molecule has 0 bridgehead atoms. The van der Waals surface area contributed by atoms with Crippen molar-refractivity contribution in [3.05, 3.63) is 0 Å². The minimum atomic E-state index is -1.48. The summed E-state index contributed by atoms with van der Waals surface area (Å²) >= 11 is 0. The van der Waals surface area contributed by atoms with Crippen LogP contribution in [-0.4, -0.2) is 42.4 Å². The number of carboxylic acid groups (broad SMARTS) is 2. The molecule has 74 valence electrons. The number of nitrogens with zero attached hydrogens (tertiary/aromatic N) is 1. The number of carboxylic acids is 2. The van der Waals surface area contributed by atoms with Gasteiger partial charge in [-0.3, -0.25) is 9.69 Å². The molecule has 0 saturated heterocycles.